The van der Waals surface area contributed by atoms with Crippen LogP contribution in [0.15, 0.2) is 28.7 Å². The van der Waals surface area contributed by atoms with Crippen molar-refractivity contribution in [3.63, 3.8) is 0 Å². The molecule has 0 amide bonds. The van der Waals surface area contributed by atoms with E-state index in [4.69, 9.17) is 9.15 Å². The zero-order valence-electron chi connectivity index (χ0n) is 9.65. The smallest absolute Gasteiger partial charge is 0.374 e. The van der Waals surface area contributed by atoms with Gasteiger partial charge < -0.3 is 9.15 Å². The Morgan fingerprint density at radius 2 is 2.06 bits per heavy atom. The molecule has 17 heavy (non-hydrogen) atoms. The van der Waals surface area contributed by atoms with Crippen molar-refractivity contribution in [2.45, 2.75) is 13.8 Å². The number of fused-ring (bicyclic) bond motifs is 1. The van der Waals surface area contributed by atoms with Crippen LogP contribution in [0.1, 0.15) is 34.8 Å². The van der Waals surface area contributed by atoms with Gasteiger partial charge in [0.1, 0.15) is 5.58 Å². The molecule has 2 aromatic rings. The van der Waals surface area contributed by atoms with Crippen molar-refractivity contribution in [3.05, 3.63) is 35.6 Å². The number of furan rings is 1. The normalized spacial score (nSPS) is 10.5. The highest BCUT2D eigenvalue weighted by Crippen LogP contribution is 2.21. The maximum absolute atomic E-state index is 11.5. The van der Waals surface area contributed by atoms with Crippen LogP contribution in [0.4, 0.5) is 0 Å². The molecule has 0 unspecified atom stereocenters. The Labute approximate surface area is 98.2 Å². The standard InChI is InChI=1S/C13H12O4/c1-3-16-13(15)12-7-10-5-4-9(8(2)14)6-11(10)17-12/h4-7H,3H2,1-2H3. The van der Waals surface area contributed by atoms with E-state index in [-0.39, 0.29) is 11.5 Å². The highest BCUT2D eigenvalue weighted by atomic mass is 16.5. The second kappa shape index (κ2) is 4.41. The fourth-order valence-corrected chi connectivity index (χ4v) is 1.55. The van der Waals surface area contributed by atoms with Gasteiger partial charge in [-0.05, 0) is 26.0 Å². The Bertz CT molecular complexity index is 580. The van der Waals surface area contributed by atoms with Gasteiger partial charge in [-0.15, -0.1) is 0 Å². The monoisotopic (exact) mass is 232 g/mol. The maximum atomic E-state index is 11.5. The van der Waals surface area contributed by atoms with Gasteiger partial charge in [-0.25, -0.2) is 4.79 Å². The largest absolute Gasteiger partial charge is 0.460 e. The van der Waals surface area contributed by atoms with Crippen LogP contribution in [0.3, 0.4) is 0 Å². The minimum Gasteiger partial charge on any atom is -0.460 e. The van der Waals surface area contributed by atoms with Crippen molar-refractivity contribution >= 4 is 22.7 Å². The Kier molecular flexibility index (Phi) is 2.95. The molecule has 1 aromatic carbocycles. The summed E-state index contributed by atoms with van der Waals surface area (Å²) < 4.78 is 10.2. The maximum Gasteiger partial charge on any atom is 0.374 e. The highest BCUT2D eigenvalue weighted by Gasteiger charge is 2.13. The Morgan fingerprint density at radius 1 is 1.29 bits per heavy atom. The summed E-state index contributed by atoms with van der Waals surface area (Å²) in [7, 11) is 0. The SMILES string of the molecule is CCOC(=O)c1cc2ccc(C(C)=O)cc2o1. The predicted octanol–water partition coefficient (Wildman–Crippen LogP) is 2.81. The number of ketones is 1. The van der Waals surface area contributed by atoms with Gasteiger partial charge in [-0.2, -0.15) is 0 Å². The molecule has 1 heterocycles. The summed E-state index contributed by atoms with van der Waals surface area (Å²) in [5.41, 5.74) is 1.07. The molecule has 0 saturated heterocycles. The van der Waals surface area contributed by atoms with E-state index in [2.05, 4.69) is 0 Å². The van der Waals surface area contributed by atoms with Crippen LogP contribution in [0, 0.1) is 0 Å². The number of benzene rings is 1. The van der Waals surface area contributed by atoms with E-state index in [1.165, 1.54) is 6.92 Å². The van der Waals surface area contributed by atoms with Gasteiger partial charge in [0, 0.05) is 10.9 Å². The summed E-state index contributed by atoms with van der Waals surface area (Å²) in [6.07, 6.45) is 0. The molecule has 0 aliphatic carbocycles. The summed E-state index contributed by atoms with van der Waals surface area (Å²) in [6.45, 7) is 3.51. The van der Waals surface area contributed by atoms with E-state index in [1.807, 2.05) is 0 Å². The van der Waals surface area contributed by atoms with Gasteiger partial charge in [-0.3, -0.25) is 4.79 Å². The van der Waals surface area contributed by atoms with E-state index in [1.54, 1.807) is 31.2 Å². The molecular weight excluding hydrogens is 220 g/mol. The van der Waals surface area contributed by atoms with Crippen LogP contribution >= 0.6 is 0 Å². The van der Waals surface area contributed by atoms with Gasteiger partial charge in [-0.1, -0.05) is 12.1 Å². The first-order valence-corrected chi connectivity index (χ1v) is 5.33. The van der Waals surface area contributed by atoms with Crippen LogP contribution in [0.2, 0.25) is 0 Å². The Morgan fingerprint density at radius 3 is 2.71 bits per heavy atom. The molecule has 0 saturated carbocycles. The molecule has 0 aliphatic heterocycles. The van der Waals surface area contributed by atoms with Crippen LogP contribution in [-0.2, 0) is 4.74 Å². The van der Waals surface area contributed by atoms with Crippen molar-refractivity contribution in [1.29, 1.82) is 0 Å². The van der Waals surface area contributed by atoms with Gasteiger partial charge in [0.05, 0.1) is 6.61 Å². The second-order valence-electron chi connectivity index (χ2n) is 3.64. The fourth-order valence-electron chi connectivity index (χ4n) is 1.55. The fraction of sp³-hybridized carbons (Fsp3) is 0.231. The minimum absolute atomic E-state index is 0.0408. The zero-order chi connectivity index (χ0) is 12.4. The molecule has 0 fully saturated rings. The molecule has 4 nitrogen and oxygen atoms in total. The van der Waals surface area contributed by atoms with Crippen LogP contribution < -0.4 is 0 Å². The molecule has 2 rings (SSSR count). The molecule has 0 spiro atoms. The lowest BCUT2D eigenvalue weighted by Crippen LogP contribution is -2.02. The summed E-state index contributed by atoms with van der Waals surface area (Å²) in [6, 6.07) is 6.69. The van der Waals surface area contributed by atoms with Crippen LogP contribution in [0.5, 0.6) is 0 Å². The molecule has 0 aliphatic rings. The summed E-state index contributed by atoms with van der Waals surface area (Å²) in [5.74, 6) is -0.378. The quantitative estimate of drug-likeness (QED) is 0.603. The Hall–Kier alpha value is -2.10. The van der Waals surface area contributed by atoms with Gasteiger partial charge in [0.15, 0.2) is 5.78 Å². The molecule has 0 atom stereocenters. The van der Waals surface area contributed by atoms with Crippen molar-refractivity contribution in [2.75, 3.05) is 6.61 Å². The van der Waals surface area contributed by atoms with Crippen molar-refractivity contribution < 1.29 is 18.7 Å². The second-order valence-corrected chi connectivity index (χ2v) is 3.64. The third kappa shape index (κ3) is 2.20. The van der Waals surface area contributed by atoms with E-state index in [9.17, 15) is 9.59 Å². The molecular formula is C13H12O4. The molecule has 88 valence electrons. The lowest BCUT2D eigenvalue weighted by Gasteiger charge is -1.95. The number of carbonyl (C=O) groups excluding carboxylic acids is 2. The first-order chi connectivity index (χ1) is 8.11. The average molecular weight is 232 g/mol. The van der Waals surface area contributed by atoms with E-state index < -0.39 is 5.97 Å². The number of hydrogen-bond donors (Lipinski definition) is 0. The van der Waals surface area contributed by atoms with Gasteiger partial charge in [0.2, 0.25) is 5.76 Å². The van der Waals surface area contributed by atoms with E-state index >= 15 is 0 Å². The Balaban J connectivity index is 2.43. The molecule has 0 N–H and O–H groups in total. The highest BCUT2D eigenvalue weighted by molar-refractivity contribution is 5.99. The molecule has 1 aromatic heterocycles. The lowest BCUT2D eigenvalue weighted by atomic mass is 10.1. The predicted molar refractivity (Wildman–Crippen MR) is 62.2 cm³/mol. The number of rotatable bonds is 3. The van der Waals surface area contributed by atoms with Gasteiger partial charge in [0.25, 0.3) is 0 Å². The molecule has 4 heteroatoms. The van der Waals surface area contributed by atoms with E-state index in [0.717, 1.165) is 5.39 Å². The summed E-state index contributed by atoms with van der Waals surface area (Å²) >= 11 is 0. The number of hydrogen-bond acceptors (Lipinski definition) is 4. The number of ether oxygens (including phenoxy) is 1. The first kappa shape index (κ1) is 11.4. The van der Waals surface area contributed by atoms with Crippen LogP contribution in [-0.4, -0.2) is 18.4 Å². The van der Waals surface area contributed by atoms with Crippen molar-refractivity contribution in [1.82, 2.24) is 0 Å². The number of carbonyl (C=O) groups is 2. The third-order valence-electron chi connectivity index (χ3n) is 2.40. The molecule has 0 radical (unpaired) electrons. The zero-order valence-corrected chi connectivity index (χ0v) is 9.65. The average Bonchev–Trinajstić information content (AvgIpc) is 2.71. The van der Waals surface area contributed by atoms with Crippen LogP contribution in [0.25, 0.3) is 11.0 Å². The molecule has 0 bridgehead atoms. The van der Waals surface area contributed by atoms with Crippen molar-refractivity contribution in [3.8, 4) is 0 Å². The number of Topliss-reactive ketones (excluding diaryl/α,β-unsaturated/α-hetero) is 1. The first-order valence-electron chi connectivity index (χ1n) is 5.33. The summed E-state index contributed by atoms with van der Waals surface area (Å²) in [5, 5.41) is 0.776. The topological polar surface area (TPSA) is 56.5 Å². The third-order valence-corrected chi connectivity index (χ3v) is 2.40. The summed E-state index contributed by atoms with van der Waals surface area (Å²) in [4.78, 5) is 22.6. The van der Waals surface area contributed by atoms with Crippen molar-refractivity contribution in [2.24, 2.45) is 0 Å². The lowest BCUT2D eigenvalue weighted by molar-refractivity contribution is 0.0492. The van der Waals surface area contributed by atoms with E-state index in [0.29, 0.717) is 17.8 Å². The minimum atomic E-state index is -0.493. The van der Waals surface area contributed by atoms with Gasteiger partial charge >= 0.3 is 5.97 Å². The number of esters is 1.